The van der Waals surface area contributed by atoms with Gasteiger partial charge in [-0.3, -0.25) is 4.79 Å². The molecule has 2 saturated carbocycles. The molecule has 2 saturated heterocycles. The van der Waals surface area contributed by atoms with Crippen molar-refractivity contribution in [2.24, 2.45) is 17.8 Å². The van der Waals surface area contributed by atoms with Crippen molar-refractivity contribution >= 4 is 5.91 Å². The summed E-state index contributed by atoms with van der Waals surface area (Å²) in [5, 5.41) is 8.59. The Morgan fingerprint density at radius 3 is 2.50 bits per heavy atom. The minimum absolute atomic E-state index is 0.0830. The molecule has 4 aliphatic rings. The van der Waals surface area contributed by atoms with Crippen molar-refractivity contribution in [3.63, 3.8) is 0 Å². The van der Waals surface area contributed by atoms with E-state index in [4.69, 9.17) is 0 Å². The molecule has 1 aromatic carbocycles. The zero-order chi connectivity index (χ0) is 17.8. The van der Waals surface area contributed by atoms with E-state index in [1.807, 2.05) is 19.1 Å². The van der Waals surface area contributed by atoms with Crippen LogP contribution in [0.5, 0.6) is 0 Å². The van der Waals surface area contributed by atoms with Gasteiger partial charge in [-0.05, 0) is 81.4 Å². The minimum Gasteiger partial charge on any atom is -0.334 e. The zero-order valence-corrected chi connectivity index (χ0v) is 15.6. The minimum atomic E-state index is 0.0830. The van der Waals surface area contributed by atoms with Crippen molar-refractivity contribution in [1.29, 1.82) is 0 Å². The number of carbonyl (C=O) groups is 1. The second-order valence-electron chi connectivity index (χ2n) is 8.66. The number of rotatable bonds is 2. The smallest absolute Gasteiger partial charge is 0.276 e. The second kappa shape index (κ2) is 5.93. The van der Waals surface area contributed by atoms with Crippen molar-refractivity contribution in [3.8, 4) is 5.69 Å². The van der Waals surface area contributed by atoms with Gasteiger partial charge in [0.15, 0.2) is 5.69 Å². The summed E-state index contributed by atoms with van der Waals surface area (Å²) in [6, 6.07) is 8.56. The van der Waals surface area contributed by atoms with Crippen molar-refractivity contribution in [2.45, 2.75) is 52.0 Å². The maximum atomic E-state index is 13.4. The Morgan fingerprint density at radius 2 is 1.77 bits per heavy atom. The molecule has 2 aliphatic heterocycles. The molecule has 5 heteroatoms. The predicted octanol–water partition coefficient (Wildman–Crippen LogP) is 3.53. The molecule has 0 N–H and O–H groups in total. The number of hydrogen-bond acceptors (Lipinski definition) is 3. The van der Waals surface area contributed by atoms with E-state index >= 15 is 0 Å². The molecule has 0 radical (unpaired) electrons. The van der Waals surface area contributed by atoms with Crippen LogP contribution in [0, 0.1) is 31.6 Å². The van der Waals surface area contributed by atoms with E-state index in [2.05, 4.69) is 34.3 Å². The first-order valence-electron chi connectivity index (χ1n) is 9.89. The van der Waals surface area contributed by atoms with Gasteiger partial charge in [0.2, 0.25) is 0 Å². The number of amides is 1. The van der Waals surface area contributed by atoms with Gasteiger partial charge in [0, 0.05) is 12.6 Å². The van der Waals surface area contributed by atoms with Gasteiger partial charge in [-0.25, -0.2) is 4.68 Å². The molecule has 3 heterocycles. The van der Waals surface area contributed by atoms with Crippen LogP contribution in [-0.4, -0.2) is 38.4 Å². The fourth-order valence-electron chi connectivity index (χ4n) is 5.70. The van der Waals surface area contributed by atoms with Crippen molar-refractivity contribution in [3.05, 3.63) is 41.2 Å². The molecule has 6 rings (SSSR count). The Kier molecular flexibility index (Phi) is 3.66. The monoisotopic (exact) mass is 350 g/mol. The first-order valence-corrected chi connectivity index (χ1v) is 9.89. The molecule has 26 heavy (non-hydrogen) atoms. The van der Waals surface area contributed by atoms with Gasteiger partial charge in [-0.1, -0.05) is 17.3 Å². The van der Waals surface area contributed by atoms with Crippen LogP contribution in [0.3, 0.4) is 0 Å². The molecule has 0 spiro atoms. The number of fused-ring (bicyclic) bond motifs is 1. The number of aryl methyl sites for hydroxylation is 1. The Balaban J connectivity index is 1.46. The van der Waals surface area contributed by atoms with Crippen molar-refractivity contribution in [2.75, 3.05) is 6.54 Å². The van der Waals surface area contributed by atoms with Gasteiger partial charge in [0.05, 0.1) is 11.4 Å². The predicted molar refractivity (Wildman–Crippen MR) is 99.2 cm³/mol. The standard InChI is InChI=1S/C21H26N4O/c1-13-4-3-5-18(6-13)25-14(2)20(22-23-25)21(26)24-12-17-8-15-7-16(9-17)11-19(24)10-15/h3-6,15-17,19H,7-12H2,1-2H3. The lowest BCUT2D eigenvalue weighted by Crippen LogP contribution is -2.42. The average Bonchev–Trinajstić information content (AvgIpc) is 2.88. The molecule has 4 bridgehead atoms. The number of hydrogen-bond donors (Lipinski definition) is 0. The summed E-state index contributed by atoms with van der Waals surface area (Å²) in [6.45, 7) is 4.93. The highest BCUT2D eigenvalue weighted by Gasteiger charge is 2.44. The zero-order valence-electron chi connectivity index (χ0n) is 15.6. The van der Waals surface area contributed by atoms with Crippen LogP contribution in [0.2, 0.25) is 0 Å². The molecule has 2 atom stereocenters. The van der Waals surface area contributed by atoms with E-state index in [1.54, 1.807) is 4.68 Å². The number of nitrogens with zero attached hydrogens (tertiary/aromatic N) is 4. The topological polar surface area (TPSA) is 51.0 Å². The van der Waals surface area contributed by atoms with Crippen LogP contribution in [0.25, 0.3) is 5.69 Å². The number of benzene rings is 1. The first kappa shape index (κ1) is 16.0. The Morgan fingerprint density at radius 1 is 1.04 bits per heavy atom. The van der Waals surface area contributed by atoms with E-state index in [0.29, 0.717) is 17.7 Å². The van der Waals surface area contributed by atoms with Gasteiger partial charge < -0.3 is 4.90 Å². The maximum absolute atomic E-state index is 13.4. The molecular formula is C21H26N4O. The second-order valence-corrected chi connectivity index (χ2v) is 8.66. The van der Waals surface area contributed by atoms with E-state index < -0.39 is 0 Å². The molecule has 1 aromatic heterocycles. The third-order valence-electron chi connectivity index (χ3n) is 6.71. The molecule has 1 amide bonds. The SMILES string of the molecule is Cc1cccc(-n2nnc(C(=O)N3CC4CC5CC(C4)CC3C5)c2C)c1. The van der Waals surface area contributed by atoms with Gasteiger partial charge in [0.1, 0.15) is 0 Å². The Hall–Kier alpha value is -2.17. The van der Waals surface area contributed by atoms with Crippen molar-refractivity contribution in [1.82, 2.24) is 19.9 Å². The molecule has 136 valence electrons. The lowest BCUT2D eigenvalue weighted by Gasteiger charge is -2.38. The van der Waals surface area contributed by atoms with E-state index in [1.165, 1.54) is 37.7 Å². The first-order chi connectivity index (χ1) is 12.6. The normalized spacial score (nSPS) is 29.8. The summed E-state index contributed by atoms with van der Waals surface area (Å²) in [6.07, 6.45) is 6.38. The van der Waals surface area contributed by atoms with Gasteiger partial charge >= 0.3 is 0 Å². The summed E-state index contributed by atoms with van der Waals surface area (Å²) < 4.78 is 1.79. The third-order valence-corrected chi connectivity index (χ3v) is 6.71. The summed E-state index contributed by atoms with van der Waals surface area (Å²) in [5.41, 5.74) is 3.49. The van der Waals surface area contributed by atoms with Crippen LogP contribution in [-0.2, 0) is 0 Å². The lowest BCUT2D eigenvalue weighted by atomic mass is 9.68. The lowest BCUT2D eigenvalue weighted by molar-refractivity contribution is 0.0626. The van der Waals surface area contributed by atoms with E-state index in [9.17, 15) is 4.79 Å². The maximum Gasteiger partial charge on any atom is 0.276 e. The Labute approximate surface area is 154 Å². The van der Waals surface area contributed by atoms with Crippen LogP contribution >= 0.6 is 0 Å². The largest absolute Gasteiger partial charge is 0.334 e. The summed E-state index contributed by atoms with van der Waals surface area (Å²) in [5.74, 6) is 2.43. The van der Waals surface area contributed by atoms with Gasteiger partial charge in [-0.15, -0.1) is 5.10 Å². The molecular weight excluding hydrogens is 324 g/mol. The molecule has 2 unspecified atom stereocenters. The molecule has 2 aliphatic carbocycles. The molecule has 5 nitrogen and oxygen atoms in total. The number of aromatic nitrogens is 3. The Bertz CT molecular complexity index is 843. The van der Waals surface area contributed by atoms with Gasteiger partial charge in [-0.2, -0.15) is 0 Å². The summed E-state index contributed by atoms with van der Waals surface area (Å²) in [4.78, 5) is 15.5. The van der Waals surface area contributed by atoms with Crippen LogP contribution in [0.1, 0.15) is 53.8 Å². The van der Waals surface area contributed by atoms with Crippen molar-refractivity contribution < 1.29 is 4.79 Å². The van der Waals surface area contributed by atoms with E-state index in [-0.39, 0.29) is 5.91 Å². The average molecular weight is 350 g/mol. The molecule has 2 aromatic rings. The summed E-state index contributed by atoms with van der Waals surface area (Å²) >= 11 is 0. The highest BCUT2D eigenvalue weighted by molar-refractivity contribution is 5.93. The fraction of sp³-hybridized carbons (Fsp3) is 0.571. The van der Waals surface area contributed by atoms with Crippen LogP contribution in [0.15, 0.2) is 24.3 Å². The third kappa shape index (κ3) is 2.56. The van der Waals surface area contributed by atoms with Gasteiger partial charge in [0.25, 0.3) is 5.91 Å². The van der Waals surface area contributed by atoms with E-state index in [0.717, 1.165) is 29.8 Å². The highest BCUT2D eigenvalue weighted by atomic mass is 16.2. The fourth-order valence-corrected chi connectivity index (χ4v) is 5.70. The quantitative estimate of drug-likeness (QED) is 0.832. The summed E-state index contributed by atoms with van der Waals surface area (Å²) in [7, 11) is 0. The van der Waals surface area contributed by atoms with Crippen LogP contribution < -0.4 is 0 Å². The molecule has 4 fully saturated rings. The number of carbonyl (C=O) groups excluding carboxylic acids is 1. The highest BCUT2D eigenvalue weighted by Crippen LogP contribution is 2.47. The van der Waals surface area contributed by atoms with Crippen LogP contribution in [0.4, 0.5) is 0 Å².